The molecule has 0 heterocycles. The molecule has 0 bridgehead atoms. The number of phenolic OH excluding ortho intramolecular Hbond substituents is 2. The van der Waals surface area contributed by atoms with Gasteiger partial charge in [0.15, 0.2) is 35.2 Å². The summed E-state index contributed by atoms with van der Waals surface area (Å²) in [5.74, 6) is -5.83. The van der Waals surface area contributed by atoms with Crippen molar-refractivity contribution in [2.24, 2.45) is 0 Å². The van der Waals surface area contributed by atoms with E-state index in [9.17, 15) is 39.6 Å². The van der Waals surface area contributed by atoms with E-state index in [0.29, 0.717) is 11.1 Å². The third-order valence-corrected chi connectivity index (χ3v) is 4.42. The quantitative estimate of drug-likeness (QED) is 0.214. The van der Waals surface area contributed by atoms with E-state index in [2.05, 4.69) is 9.47 Å². The second kappa shape index (κ2) is 12.7. The summed E-state index contributed by atoms with van der Waals surface area (Å²) in [7, 11) is 2.65. The molecule has 0 aliphatic carbocycles. The van der Waals surface area contributed by atoms with Gasteiger partial charge in [0.2, 0.25) is 0 Å². The lowest BCUT2D eigenvalue weighted by Gasteiger charge is -2.13. The van der Waals surface area contributed by atoms with Crippen LogP contribution >= 0.6 is 0 Å². The van der Waals surface area contributed by atoms with Crippen molar-refractivity contribution in [3.05, 3.63) is 59.7 Å². The van der Waals surface area contributed by atoms with Crippen molar-refractivity contribution in [3.63, 3.8) is 0 Å². The van der Waals surface area contributed by atoms with Gasteiger partial charge in [-0.3, -0.25) is 0 Å². The number of aliphatic hydroxyl groups excluding tert-OH is 2. The van der Waals surface area contributed by atoms with Crippen LogP contribution in [0.25, 0.3) is 12.2 Å². The molecule has 0 radical (unpaired) electrons. The average molecular weight is 502 g/mol. The number of rotatable bonds is 9. The summed E-state index contributed by atoms with van der Waals surface area (Å²) in [5.41, 5.74) is 0.797. The number of esters is 4. The first kappa shape index (κ1) is 27.6. The van der Waals surface area contributed by atoms with E-state index >= 15 is 0 Å². The Bertz CT molecular complexity index is 1100. The van der Waals surface area contributed by atoms with E-state index < -0.39 is 36.1 Å². The third-order valence-electron chi connectivity index (χ3n) is 4.42. The maximum absolute atomic E-state index is 11.9. The Labute approximate surface area is 204 Å². The van der Waals surface area contributed by atoms with Gasteiger partial charge in [0.1, 0.15) is 0 Å². The zero-order chi connectivity index (χ0) is 26.8. The molecule has 4 N–H and O–H groups in total. The highest BCUT2D eigenvalue weighted by atomic mass is 16.6. The van der Waals surface area contributed by atoms with Crippen LogP contribution < -0.4 is 9.47 Å². The zero-order valence-electron chi connectivity index (χ0n) is 19.0. The number of benzene rings is 2. The minimum atomic E-state index is -2.53. The van der Waals surface area contributed by atoms with Crippen molar-refractivity contribution in [1.82, 2.24) is 0 Å². The van der Waals surface area contributed by atoms with E-state index in [1.54, 1.807) is 0 Å². The third kappa shape index (κ3) is 7.68. The molecule has 0 fully saturated rings. The summed E-state index contributed by atoms with van der Waals surface area (Å²) >= 11 is 0. The predicted octanol–water partition coefficient (Wildman–Crippen LogP) is 0.703. The van der Waals surface area contributed by atoms with Crippen molar-refractivity contribution in [1.29, 1.82) is 0 Å². The van der Waals surface area contributed by atoms with Crippen molar-refractivity contribution in [3.8, 4) is 23.0 Å². The molecule has 0 aliphatic rings. The molecule has 0 amide bonds. The lowest BCUT2D eigenvalue weighted by molar-refractivity contribution is -0.178. The maximum atomic E-state index is 11.9. The largest absolute Gasteiger partial charge is 0.504 e. The van der Waals surface area contributed by atoms with Gasteiger partial charge in [0, 0.05) is 12.2 Å². The van der Waals surface area contributed by atoms with Crippen LogP contribution in [-0.2, 0) is 28.7 Å². The molecule has 0 saturated carbocycles. The average Bonchev–Trinajstić information content (AvgIpc) is 2.86. The minimum Gasteiger partial charge on any atom is -0.504 e. The van der Waals surface area contributed by atoms with Gasteiger partial charge in [-0.15, -0.1) is 0 Å². The number of hydrogen-bond acceptors (Lipinski definition) is 12. The highest BCUT2D eigenvalue weighted by Gasteiger charge is 2.34. The number of ether oxygens (including phenoxy) is 4. The van der Waals surface area contributed by atoms with E-state index in [-0.39, 0.29) is 23.0 Å². The van der Waals surface area contributed by atoms with Crippen molar-refractivity contribution >= 4 is 36.0 Å². The lowest BCUT2D eigenvalue weighted by Crippen LogP contribution is -2.42. The summed E-state index contributed by atoms with van der Waals surface area (Å²) in [5, 5.41) is 38.6. The topological polar surface area (TPSA) is 186 Å². The number of aromatic hydroxyl groups is 2. The zero-order valence-corrected chi connectivity index (χ0v) is 19.0. The molecular weight excluding hydrogens is 480 g/mol. The van der Waals surface area contributed by atoms with Crippen LogP contribution in [0.5, 0.6) is 23.0 Å². The van der Waals surface area contributed by atoms with Gasteiger partial charge in [0.05, 0.1) is 14.2 Å². The second-order valence-electron chi connectivity index (χ2n) is 6.90. The smallest absolute Gasteiger partial charge is 0.346 e. The van der Waals surface area contributed by atoms with Gasteiger partial charge < -0.3 is 39.4 Å². The molecule has 12 nitrogen and oxygen atoms in total. The SMILES string of the molecule is COc1cc(/C=C/C(=O)OC(=O)C(O)C(O)C(=O)OC(=O)/C=C/c2ccc(O)c(OC)c2)ccc1O. The Kier molecular flexibility index (Phi) is 9.72. The summed E-state index contributed by atoms with van der Waals surface area (Å²) in [6.45, 7) is 0. The number of aliphatic hydroxyl groups is 2. The number of methoxy groups -OCH3 is 2. The molecule has 0 spiro atoms. The van der Waals surface area contributed by atoms with Gasteiger partial charge in [-0.1, -0.05) is 12.1 Å². The monoisotopic (exact) mass is 502 g/mol. The number of phenols is 2. The summed E-state index contributed by atoms with van der Waals surface area (Å²) in [6, 6.07) is 8.25. The van der Waals surface area contributed by atoms with Crippen LogP contribution in [0.2, 0.25) is 0 Å². The standard InChI is InChI=1S/C24H22O12/c1-33-17-11-13(3-7-15(17)25)5-9-19(27)35-23(31)21(29)22(30)24(32)36-20(28)10-6-14-4-8-16(26)18(12-14)34-2/h3-12,21-22,25-26,29-30H,1-2H3/b9-5+,10-6+. The highest BCUT2D eigenvalue weighted by molar-refractivity contribution is 6.00. The maximum Gasteiger partial charge on any atom is 0.346 e. The van der Waals surface area contributed by atoms with Crippen LogP contribution in [0, 0.1) is 0 Å². The van der Waals surface area contributed by atoms with Crippen molar-refractivity contribution in [2.75, 3.05) is 14.2 Å². The first-order chi connectivity index (χ1) is 17.0. The number of hydrogen-bond donors (Lipinski definition) is 4. The normalized spacial score (nSPS) is 12.7. The summed E-state index contributed by atoms with van der Waals surface area (Å²) in [4.78, 5) is 47.3. The fourth-order valence-corrected chi connectivity index (χ4v) is 2.57. The predicted molar refractivity (Wildman–Crippen MR) is 122 cm³/mol. The van der Waals surface area contributed by atoms with Gasteiger partial charge >= 0.3 is 23.9 Å². The Morgan fingerprint density at radius 3 is 1.39 bits per heavy atom. The number of carbonyl (C=O) groups is 4. The molecule has 190 valence electrons. The molecule has 2 aromatic rings. The van der Waals surface area contributed by atoms with Crippen LogP contribution in [-0.4, -0.2) is 70.7 Å². The lowest BCUT2D eigenvalue weighted by atomic mass is 10.2. The molecule has 36 heavy (non-hydrogen) atoms. The summed E-state index contributed by atoms with van der Waals surface area (Å²) < 4.78 is 18.5. The fourth-order valence-electron chi connectivity index (χ4n) is 2.57. The molecule has 0 aliphatic heterocycles. The Balaban J connectivity index is 1.90. The Hall–Kier alpha value is -4.68. The van der Waals surface area contributed by atoms with Crippen molar-refractivity contribution in [2.45, 2.75) is 12.2 Å². The molecule has 0 saturated heterocycles. The molecule has 2 atom stereocenters. The highest BCUT2D eigenvalue weighted by Crippen LogP contribution is 2.27. The van der Waals surface area contributed by atoms with Crippen LogP contribution in [0.15, 0.2) is 48.6 Å². The van der Waals surface area contributed by atoms with E-state index in [1.807, 2.05) is 0 Å². The molecule has 2 rings (SSSR count). The van der Waals surface area contributed by atoms with Crippen LogP contribution in [0.3, 0.4) is 0 Å². The van der Waals surface area contributed by atoms with Crippen LogP contribution in [0.1, 0.15) is 11.1 Å². The van der Waals surface area contributed by atoms with E-state index in [0.717, 1.165) is 12.2 Å². The Morgan fingerprint density at radius 1 is 0.694 bits per heavy atom. The first-order valence-corrected chi connectivity index (χ1v) is 10.0. The molecule has 0 aromatic heterocycles. The first-order valence-electron chi connectivity index (χ1n) is 10.0. The summed E-state index contributed by atoms with van der Waals surface area (Å²) in [6.07, 6.45) is -1.00. The molecular formula is C24H22O12. The fraction of sp³-hybridized carbons (Fsp3) is 0.167. The van der Waals surface area contributed by atoms with E-state index in [4.69, 9.17) is 9.47 Å². The molecule has 12 heteroatoms. The van der Waals surface area contributed by atoms with Crippen molar-refractivity contribution < 1.29 is 58.6 Å². The van der Waals surface area contributed by atoms with Crippen LogP contribution in [0.4, 0.5) is 0 Å². The van der Waals surface area contributed by atoms with E-state index in [1.165, 1.54) is 62.8 Å². The second-order valence-corrected chi connectivity index (χ2v) is 6.90. The van der Waals surface area contributed by atoms with Gasteiger partial charge in [-0.25, -0.2) is 19.2 Å². The van der Waals surface area contributed by atoms with Gasteiger partial charge in [-0.2, -0.15) is 0 Å². The Morgan fingerprint density at radius 2 is 1.06 bits per heavy atom. The van der Waals surface area contributed by atoms with Gasteiger partial charge in [0.25, 0.3) is 0 Å². The molecule has 2 aromatic carbocycles. The minimum absolute atomic E-state index is 0.130. The van der Waals surface area contributed by atoms with Gasteiger partial charge in [-0.05, 0) is 47.5 Å². The number of carbonyl (C=O) groups excluding carboxylic acids is 4. The molecule has 2 unspecified atom stereocenters.